The Morgan fingerprint density at radius 2 is 2.00 bits per heavy atom. The third-order valence-electron chi connectivity index (χ3n) is 2.20. The molecule has 0 spiro atoms. The number of carbonyl (C=O) groups excluding carboxylic acids is 1. The number of hydrogen-bond donors (Lipinski definition) is 1. The van der Waals surface area contributed by atoms with Gasteiger partial charge in [0.1, 0.15) is 10.8 Å². The molecular weight excluding hydrogens is 466 g/mol. The number of pyridine rings is 1. The maximum absolute atomic E-state index is 12.0. The second-order valence-corrected chi connectivity index (χ2v) is 6.36. The minimum Gasteiger partial charge on any atom is -0.321 e. The summed E-state index contributed by atoms with van der Waals surface area (Å²) in [5, 5.41) is 3.19. The highest BCUT2D eigenvalue weighted by molar-refractivity contribution is 14.1. The molecule has 1 aromatic carbocycles. The van der Waals surface area contributed by atoms with Crippen LogP contribution in [0.5, 0.6) is 0 Å². The van der Waals surface area contributed by atoms with E-state index in [2.05, 4.69) is 48.8 Å². The fourth-order valence-corrected chi connectivity index (χ4v) is 2.39. The summed E-state index contributed by atoms with van der Waals surface area (Å²) in [6, 6.07) is 8.55. The number of anilines is 1. The Bertz CT molecular complexity index is 652. The minimum atomic E-state index is -0.402. The van der Waals surface area contributed by atoms with Gasteiger partial charge in [-0.15, -0.1) is 0 Å². The van der Waals surface area contributed by atoms with Crippen LogP contribution in [-0.2, 0) is 0 Å². The van der Waals surface area contributed by atoms with Crippen molar-refractivity contribution in [2.45, 2.75) is 0 Å². The summed E-state index contributed by atoms with van der Waals surface area (Å²) in [5.74, 6) is -0.402. The summed E-state index contributed by atoms with van der Waals surface area (Å²) in [5.41, 5.74) is 0.749. The Morgan fingerprint density at radius 1 is 1.26 bits per heavy atom. The molecule has 0 bridgehead atoms. The zero-order valence-electron chi connectivity index (χ0n) is 9.25. The van der Waals surface area contributed by atoms with E-state index >= 15 is 0 Å². The lowest BCUT2D eigenvalue weighted by molar-refractivity contribution is 0.102. The summed E-state index contributed by atoms with van der Waals surface area (Å²) in [4.78, 5) is 16.0. The highest BCUT2D eigenvalue weighted by Gasteiger charge is 2.13. The number of halogens is 4. The molecule has 1 N–H and O–H groups in total. The van der Waals surface area contributed by atoms with Gasteiger partial charge in [-0.1, -0.05) is 23.2 Å². The molecule has 3 nitrogen and oxygen atoms in total. The molecular formula is C12H6BrCl2IN2O. The molecule has 0 radical (unpaired) electrons. The summed E-state index contributed by atoms with van der Waals surface area (Å²) in [6.45, 7) is 0. The second-order valence-electron chi connectivity index (χ2n) is 3.55. The third kappa shape index (κ3) is 3.81. The van der Waals surface area contributed by atoms with E-state index in [9.17, 15) is 4.79 Å². The van der Waals surface area contributed by atoms with Gasteiger partial charge in [-0.3, -0.25) is 4.79 Å². The van der Waals surface area contributed by atoms with Crippen LogP contribution in [0.25, 0.3) is 0 Å². The summed E-state index contributed by atoms with van der Waals surface area (Å²) in [6.07, 6.45) is 0. The average molecular weight is 472 g/mol. The molecule has 0 saturated carbocycles. The number of amides is 1. The molecule has 0 saturated heterocycles. The predicted octanol–water partition coefficient (Wildman–Crippen LogP) is 5.01. The highest BCUT2D eigenvalue weighted by atomic mass is 127. The molecule has 0 unspecified atom stereocenters. The van der Waals surface area contributed by atoms with Gasteiger partial charge in [-0.2, -0.15) is 0 Å². The fraction of sp³-hybridized carbons (Fsp3) is 0. The largest absolute Gasteiger partial charge is 0.321 e. The van der Waals surface area contributed by atoms with Gasteiger partial charge in [0.25, 0.3) is 5.91 Å². The van der Waals surface area contributed by atoms with Gasteiger partial charge in [0.2, 0.25) is 0 Å². The molecule has 0 aliphatic rings. The van der Waals surface area contributed by atoms with Crippen molar-refractivity contribution in [3.8, 4) is 0 Å². The van der Waals surface area contributed by atoms with E-state index in [0.717, 1.165) is 8.04 Å². The van der Waals surface area contributed by atoms with Crippen LogP contribution in [0.2, 0.25) is 10.2 Å². The van der Waals surface area contributed by atoms with Gasteiger partial charge in [0.05, 0.1) is 5.02 Å². The first-order valence-electron chi connectivity index (χ1n) is 5.06. The SMILES string of the molecule is O=C(Nc1ccc(I)c(Br)c1)c1nc(Cl)ccc1Cl. The highest BCUT2D eigenvalue weighted by Crippen LogP contribution is 2.24. The van der Waals surface area contributed by atoms with Gasteiger partial charge in [-0.05, 0) is 68.9 Å². The van der Waals surface area contributed by atoms with Gasteiger partial charge < -0.3 is 5.32 Å². The molecule has 7 heteroatoms. The Morgan fingerprint density at radius 3 is 2.68 bits per heavy atom. The normalized spacial score (nSPS) is 10.3. The summed E-state index contributed by atoms with van der Waals surface area (Å²) >= 11 is 17.3. The summed E-state index contributed by atoms with van der Waals surface area (Å²) in [7, 11) is 0. The zero-order valence-corrected chi connectivity index (χ0v) is 14.5. The maximum atomic E-state index is 12.0. The molecule has 2 rings (SSSR count). The van der Waals surface area contributed by atoms with Crippen LogP contribution in [-0.4, -0.2) is 10.9 Å². The van der Waals surface area contributed by atoms with E-state index in [1.54, 1.807) is 12.1 Å². The van der Waals surface area contributed by atoms with Crippen molar-refractivity contribution in [3.63, 3.8) is 0 Å². The molecule has 2 aromatic rings. The van der Waals surface area contributed by atoms with Gasteiger partial charge in [0.15, 0.2) is 0 Å². The molecule has 1 heterocycles. The Kier molecular flexibility index (Phi) is 5.05. The topological polar surface area (TPSA) is 42.0 Å². The first kappa shape index (κ1) is 15.0. The van der Waals surface area contributed by atoms with Gasteiger partial charge >= 0.3 is 0 Å². The second kappa shape index (κ2) is 6.39. The zero-order chi connectivity index (χ0) is 14.0. The van der Waals surface area contributed by atoms with Crippen LogP contribution in [0, 0.1) is 3.57 Å². The standard InChI is InChI=1S/C12H6BrCl2IN2O/c13-7-5-6(1-3-9(7)16)17-12(19)11-8(14)2-4-10(15)18-11/h1-5H,(H,17,19). The lowest BCUT2D eigenvalue weighted by Gasteiger charge is -2.07. The lowest BCUT2D eigenvalue weighted by atomic mass is 10.3. The monoisotopic (exact) mass is 470 g/mol. The van der Waals surface area contributed by atoms with Crippen molar-refractivity contribution >= 4 is 73.3 Å². The fourth-order valence-electron chi connectivity index (χ4n) is 1.34. The number of aromatic nitrogens is 1. The Balaban J connectivity index is 2.25. The Labute approximate surface area is 142 Å². The van der Waals surface area contributed by atoms with Gasteiger partial charge in [-0.25, -0.2) is 4.98 Å². The number of rotatable bonds is 2. The van der Waals surface area contributed by atoms with Crippen molar-refractivity contribution in [2.75, 3.05) is 5.32 Å². The van der Waals surface area contributed by atoms with Crippen molar-refractivity contribution < 1.29 is 4.79 Å². The molecule has 98 valence electrons. The quantitative estimate of drug-likeness (QED) is 0.494. The summed E-state index contributed by atoms with van der Waals surface area (Å²) < 4.78 is 1.95. The van der Waals surface area contributed by atoms with E-state index in [-0.39, 0.29) is 15.9 Å². The lowest BCUT2D eigenvalue weighted by Crippen LogP contribution is -2.14. The smallest absolute Gasteiger partial charge is 0.275 e. The van der Waals surface area contributed by atoms with Crippen LogP contribution in [0.3, 0.4) is 0 Å². The Hall–Kier alpha value is -0.370. The van der Waals surface area contributed by atoms with Crippen molar-refractivity contribution in [1.82, 2.24) is 4.98 Å². The molecule has 1 aromatic heterocycles. The van der Waals surface area contributed by atoms with Crippen LogP contribution >= 0.6 is 61.7 Å². The number of hydrogen-bond acceptors (Lipinski definition) is 2. The first-order valence-corrected chi connectivity index (χ1v) is 7.68. The van der Waals surface area contributed by atoms with Crippen LogP contribution in [0.1, 0.15) is 10.5 Å². The van der Waals surface area contributed by atoms with Crippen molar-refractivity contribution in [3.05, 3.63) is 54.2 Å². The predicted molar refractivity (Wildman–Crippen MR) is 89.1 cm³/mol. The van der Waals surface area contributed by atoms with E-state index < -0.39 is 5.91 Å². The van der Waals surface area contributed by atoms with E-state index in [0.29, 0.717) is 5.69 Å². The minimum absolute atomic E-state index is 0.101. The van der Waals surface area contributed by atoms with E-state index in [4.69, 9.17) is 23.2 Å². The molecule has 0 aliphatic heterocycles. The van der Waals surface area contributed by atoms with Crippen molar-refractivity contribution in [2.24, 2.45) is 0 Å². The molecule has 19 heavy (non-hydrogen) atoms. The number of carbonyl (C=O) groups is 1. The molecule has 0 fully saturated rings. The average Bonchev–Trinajstić information content (AvgIpc) is 2.36. The van der Waals surface area contributed by atoms with Crippen molar-refractivity contribution in [1.29, 1.82) is 0 Å². The van der Waals surface area contributed by atoms with Crippen LogP contribution in [0.4, 0.5) is 5.69 Å². The van der Waals surface area contributed by atoms with E-state index in [1.165, 1.54) is 12.1 Å². The maximum Gasteiger partial charge on any atom is 0.275 e. The number of nitrogens with one attached hydrogen (secondary N) is 1. The van der Waals surface area contributed by atoms with Gasteiger partial charge in [0, 0.05) is 13.7 Å². The van der Waals surface area contributed by atoms with Crippen LogP contribution < -0.4 is 5.32 Å². The first-order chi connectivity index (χ1) is 8.97. The molecule has 1 amide bonds. The number of benzene rings is 1. The number of nitrogens with zero attached hydrogens (tertiary/aromatic N) is 1. The molecule has 0 aliphatic carbocycles. The van der Waals surface area contributed by atoms with E-state index in [1.807, 2.05) is 6.07 Å². The third-order valence-corrected chi connectivity index (χ3v) is 5.06. The van der Waals surface area contributed by atoms with Crippen LogP contribution in [0.15, 0.2) is 34.8 Å². The molecule has 0 atom stereocenters.